The first kappa shape index (κ1) is 12.7. The highest BCUT2D eigenvalue weighted by Gasteiger charge is 2.19. The topological polar surface area (TPSA) is 61.7 Å². The Labute approximate surface area is 108 Å². The second-order valence-corrected chi connectivity index (χ2v) is 4.93. The van der Waals surface area contributed by atoms with Gasteiger partial charge in [-0.25, -0.2) is 4.98 Å². The van der Waals surface area contributed by atoms with Crippen molar-refractivity contribution < 1.29 is 0 Å². The van der Waals surface area contributed by atoms with Gasteiger partial charge in [-0.15, -0.1) is 0 Å². The maximum absolute atomic E-state index is 6.17. The standard InChI is InChI=1S/C13H21N5/c1-6-10-9(7-17(4)16-10)11-12(14)18(5)13(15-11)8(2)3/h7-8H,6,14H2,1-5H3. The molecule has 98 valence electrons. The van der Waals surface area contributed by atoms with Gasteiger partial charge in [-0.05, 0) is 6.42 Å². The summed E-state index contributed by atoms with van der Waals surface area (Å²) < 4.78 is 3.78. The normalized spacial score (nSPS) is 11.4. The summed E-state index contributed by atoms with van der Waals surface area (Å²) in [5, 5.41) is 4.44. The van der Waals surface area contributed by atoms with Crippen LogP contribution in [-0.2, 0) is 20.5 Å². The fourth-order valence-corrected chi connectivity index (χ4v) is 2.24. The third kappa shape index (κ3) is 1.89. The second-order valence-electron chi connectivity index (χ2n) is 4.93. The number of rotatable bonds is 3. The molecule has 0 saturated heterocycles. The molecule has 0 spiro atoms. The summed E-state index contributed by atoms with van der Waals surface area (Å²) in [6.07, 6.45) is 2.87. The van der Waals surface area contributed by atoms with Gasteiger partial charge in [0.15, 0.2) is 0 Å². The average Bonchev–Trinajstić information content (AvgIpc) is 2.81. The first-order valence-corrected chi connectivity index (χ1v) is 6.30. The van der Waals surface area contributed by atoms with Crippen molar-refractivity contribution in [3.8, 4) is 11.3 Å². The van der Waals surface area contributed by atoms with E-state index in [0.717, 1.165) is 29.2 Å². The Hall–Kier alpha value is -1.78. The van der Waals surface area contributed by atoms with Crippen LogP contribution in [0, 0.1) is 0 Å². The van der Waals surface area contributed by atoms with E-state index < -0.39 is 0 Å². The van der Waals surface area contributed by atoms with Crippen LogP contribution < -0.4 is 5.73 Å². The highest BCUT2D eigenvalue weighted by atomic mass is 15.3. The maximum atomic E-state index is 6.17. The van der Waals surface area contributed by atoms with Crippen LogP contribution in [0.15, 0.2) is 6.20 Å². The van der Waals surface area contributed by atoms with Gasteiger partial charge in [0, 0.05) is 31.8 Å². The fourth-order valence-electron chi connectivity index (χ4n) is 2.24. The Morgan fingerprint density at radius 3 is 2.50 bits per heavy atom. The van der Waals surface area contributed by atoms with Gasteiger partial charge in [-0.3, -0.25) is 4.68 Å². The lowest BCUT2D eigenvalue weighted by atomic mass is 10.1. The molecule has 0 unspecified atom stereocenters. The van der Waals surface area contributed by atoms with Crippen molar-refractivity contribution in [1.82, 2.24) is 19.3 Å². The van der Waals surface area contributed by atoms with Gasteiger partial charge >= 0.3 is 0 Å². The van der Waals surface area contributed by atoms with Crippen molar-refractivity contribution in [2.45, 2.75) is 33.1 Å². The lowest BCUT2D eigenvalue weighted by Gasteiger charge is -2.04. The van der Waals surface area contributed by atoms with Gasteiger partial charge in [-0.2, -0.15) is 5.10 Å². The molecule has 0 aliphatic heterocycles. The molecule has 2 rings (SSSR count). The molecule has 2 N–H and O–H groups in total. The Balaban J connectivity index is 2.60. The summed E-state index contributed by atoms with van der Waals surface area (Å²) in [5.41, 5.74) is 9.10. The zero-order chi connectivity index (χ0) is 13.4. The Morgan fingerprint density at radius 1 is 1.33 bits per heavy atom. The summed E-state index contributed by atoms with van der Waals surface area (Å²) in [7, 11) is 3.88. The number of nitrogen functional groups attached to an aromatic ring is 1. The van der Waals surface area contributed by atoms with Gasteiger partial charge in [0.2, 0.25) is 0 Å². The number of aryl methyl sites for hydroxylation is 2. The van der Waals surface area contributed by atoms with E-state index in [2.05, 4.69) is 30.9 Å². The van der Waals surface area contributed by atoms with Crippen molar-refractivity contribution in [2.75, 3.05) is 5.73 Å². The predicted octanol–water partition coefficient (Wildman–Crippen LogP) is 2.09. The second kappa shape index (κ2) is 4.48. The molecule has 0 amide bonds. The van der Waals surface area contributed by atoms with Crippen LogP contribution >= 0.6 is 0 Å². The zero-order valence-electron chi connectivity index (χ0n) is 11.7. The lowest BCUT2D eigenvalue weighted by molar-refractivity contribution is 0.715. The highest BCUT2D eigenvalue weighted by molar-refractivity contribution is 5.72. The minimum atomic E-state index is 0.354. The summed E-state index contributed by atoms with van der Waals surface area (Å²) in [4.78, 5) is 4.69. The summed E-state index contributed by atoms with van der Waals surface area (Å²) in [5.74, 6) is 2.07. The molecule has 0 aromatic carbocycles. The van der Waals surface area contributed by atoms with Crippen LogP contribution in [-0.4, -0.2) is 19.3 Å². The third-order valence-electron chi connectivity index (χ3n) is 3.19. The van der Waals surface area contributed by atoms with Crippen LogP contribution in [0.5, 0.6) is 0 Å². The summed E-state index contributed by atoms with van der Waals surface area (Å²) in [6, 6.07) is 0. The summed E-state index contributed by atoms with van der Waals surface area (Å²) >= 11 is 0. The van der Waals surface area contributed by atoms with Crippen LogP contribution in [0.4, 0.5) is 5.82 Å². The maximum Gasteiger partial charge on any atom is 0.131 e. The molecule has 18 heavy (non-hydrogen) atoms. The van der Waals surface area contributed by atoms with Crippen molar-refractivity contribution in [1.29, 1.82) is 0 Å². The van der Waals surface area contributed by atoms with Gasteiger partial charge < -0.3 is 10.3 Å². The van der Waals surface area contributed by atoms with Crippen molar-refractivity contribution in [3.05, 3.63) is 17.7 Å². The molecule has 0 aliphatic rings. The van der Waals surface area contributed by atoms with Gasteiger partial charge in [0.1, 0.15) is 17.3 Å². The summed E-state index contributed by atoms with van der Waals surface area (Å²) in [6.45, 7) is 6.33. The van der Waals surface area contributed by atoms with E-state index in [0.29, 0.717) is 11.7 Å². The fraction of sp³-hybridized carbons (Fsp3) is 0.538. The molecule has 0 atom stereocenters. The van der Waals surface area contributed by atoms with Crippen LogP contribution in [0.1, 0.15) is 38.2 Å². The third-order valence-corrected chi connectivity index (χ3v) is 3.19. The van der Waals surface area contributed by atoms with E-state index in [1.807, 2.05) is 29.5 Å². The number of imidazole rings is 1. The quantitative estimate of drug-likeness (QED) is 0.903. The highest BCUT2D eigenvalue weighted by Crippen LogP contribution is 2.30. The van der Waals surface area contributed by atoms with Crippen molar-refractivity contribution >= 4 is 5.82 Å². The van der Waals surface area contributed by atoms with E-state index in [9.17, 15) is 0 Å². The molecule has 0 fully saturated rings. The van der Waals surface area contributed by atoms with Crippen LogP contribution in [0.3, 0.4) is 0 Å². The number of hydrogen-bond acceptors (Lipinski definition) is 3. The number of nitrogens with zero attached hydrogens (tertiary/aromatic N) is 4. The SMILES string of the molecule is CCc1nn(C)cc1-c1nc(C(C)C)n(C)c1N. The Morgan fingerprint density at radius 2 is 2.00 bits per heavy atom. The van der Waals surface area contributed by atoms with Crippen molar-refractivity contribution in [2.24, 2.45) is 14.1 Å². The van der Waals surface area contributed by atoms with Crippen molar-refractivity contribution in [3.63, 3.8) is 0 Å². The molecule has 0 saturated carbocycles. The molecule has 5 heteroatoms. The zero-order valence-corrected chi connectivity index (χ0v) is 11.7. The molecule has 0 aliphatic carbocycles. The first-order chi connectivity index (χ1) is 8.45. The predicted molar refractivity (Wildman–Crippen MR) is 73.3 cm³/mol. The van der Waals surface area contributed by atoms with E-state index in [1.54, 1.807) is 0 Å². The molecule has 2 heterocycles. The van der Waals surface area contributed by atoms with E-state index in [4.69, 9.17) is 5.73 Å². The molecular formula is C13H21N5. The minimum absolute atomic E-state index is 0.354. The Bertz CT molecular complexity index is 562. The number of hydrogen-bond donors (Lipinski definition) is 1. The molecule has 0 bridgehead atoms. The number of anilines is 1. The molecule has 5 nitrogen and oxygen atoms in total. The molecule has 2 aromatic rings. The van der Waals surface area contributed by atoms with Gasteiger partial charge in [0.05, 0.1) is 5.69 Å². The molecule has 0 radical (unpaired) electrons. The monoisotopic (exact) mass is 247 g/mol. The lowest BCUT2D eigenvalue weighted by Crippen LogP contribution is -2.02. The number of nitrogens with two attached hydrogens (primary N) is 1. The van der Waals surface area contributed by atoms with Gasteiger partial charge in [-0.1, -0.05) is 20.8 Å². The van der Waals surface area contributed by atoms with E-state index in [1.165, 1.54) is 0 Å². The smallest absolute Gasteiger partial charge is 0.131 e. The average molecular weight is 247 g/mol. The van der Waals surface area contributed by atoms with E-state index >= 15 is 0 Å². The Kier molecular flexibility index (Phi) is 3.15. The minimum Gasteiger partial charge on any atom is -0.383 e. The van der Waals surface area contributed by atoms with Crippen LogP contribution in [0.2, 0.25) is 0 Å². The number of aromatic nitrogens is 4. The van der Waals surface area contributed by atoms with Crippen LogP contribution in [0.25, 0.3) is 11.3 Å². The first-order valence-electron chi connectivity index (χ1n) is 6.30. The van der Waals surface area contributed by atoms with Gasteiger partial charge in [0.25, 0.3) is 0 Å². The molecular weight excluding hydrogens is 226 g/mol. The largest absolute Gasteiger partial charge is 0.383 e. The van der Waals surface area contributed by atoms with E-state index in [-0.39, 0.29) is 0 Å². The molecule has 2 aromatic heterocycles.